The lowest BCUT2D eigenvalue weighted by Crippen LogP contribution is -2.31. The van der Waals surface area contributed by atoms with E-state index < -0.39 is 45.8 Å². The molecule has 0 fully saturated rings. The number of hydrogen-bond donors (Lipinski definition) is 4. The number of nitrogens with zero attached hydrogens (tertiary/aromatic N) is 5. The molecule has 61 heavy (non-hydrogen) atoms. The minimum Gasteiger partial charge on any atom is -0.505 e. The monoisotopic (exact) mass is 937 g/mol. The molecule has 6 aromatic rings. The first-order valence-electron chi connectivity index (χ1n) is 18.5. The topological polar surface area (TPSA) is 181 Å². The highest BCUT2D eigenvalue weighted by atomic mass is 35.5. The van der Waals surface area contributed by atoms with Crippen LogP contribution in [0.4, 0.5) is 5.95 Å². The number of nitrogens with one attached hydrogen (secondary N) is 2. The lowest BCUT2D eigenvalue weighted by atomic mass is 9.74. The van der Waals surface area contributed by atoms with E-state index in [-0.39, 0.29) is 59.9 Å². The zero-order valence-corrected chi connectivity index (χ0v) is 36.0. The van der Waals surface area contributed by atoms with Crippen molar-refractivity contribution >= 4 is 98.9 Å². The molecule has 2 unspecified atom stereocenters. The van der Waals surface area contributed by atoms with Crippen LogP contribution < -0.4 is 15.4 Å². The molecule has 1 aliphatic carbocycles. The average Bonchev–Trinajstić information content (AvgIpc) is 3.63. The van der Waals surface area contributed by atoms with E-state index in [4.69, 9.17) is 89.3 Å². The molecule has 0 radical (unpaired) electrons. The number of aromatic hydroxyl groups is 1. The minimum absolute atomic E-state index is 0.131. The van der Waals surface area contributed by atoms with Crippen LogP contribution in [0, 0.1) is 12.8 Å². The van der Waals surface area contributed by atoms with Gasteiger partial charge >= 0.3 is 5.97 Å². The number of hydrogen-bond acceptors (Lipinski definition) is 10. The Labute approximate surface area is 376 Å². The van der Waals surface area contributed by atoms with E-state index >= 15 is 0 Å². The molecule has 310 valence electrons. The van der Waals surface area contributed by atoms with Crippen LogP contribution in [-0.2, 0) is 4.79 Å². The molecule has 0 spiro atoms. The highest BCUT2D eigenvalue weighted by molar-refractivity contribution is 6.55. The number of aromatic carboxylic acids is 1. The van der Waals surface area contributed by atoms with Crippen LogP contribution in [0.1, 0.15) is 56.3 Å². The summed E-state index contributed by atoms with van der Waals surface area (Å²) in [5.74, 6) is -5.54. The molecule has 5 heterocycles. The first-order chi connectivity index (χ1) is 29.2. The van der Waals surface area contributed by atoms with Crippen LogP contribution in [-0.4, -0.2) is 65.3 Å². The maximum atomic E-state index is 13.8. The molecule has 0 bridgehead atoms. The molecule has 4 N–H and O–H groups in total. The summed E-state index contributed by atoms with van der Waals surface area (Å²) in [5.41, 5.74) is 3.87. The maximum absolute atomic E-state index is 13.8. The number of ether oxygens (including phenoxy) is 1. The van der Waals surface area contributed by atoms with Crippen molar-refractivity contribution in [3.05, 3.63) is 137 Å². The number of phenolic OH excluding ortho intramolecular Hbond substituents is 1. The second-order valence-electron chi connectivity index (χ2n) is 13.9. The summed E-state index contributed by atoms with van der Waals surface area (Å²) in [4.78, 5) is 58.1. The number of halogens is 6. The molecular weight excluding hydrogens is 911 g/mol. The number of carbonyl (C=O) groups excluding carboxylic acids is 2. The molecule has 0 saturated carbocycles. The number of aromatic nitrogens is 5. The largest absolute Gasteiger partial charge is 0.505 e. The normalized spacial score (nSPS) is 15.9. The summed E-state index contributed by atoms with van der Waals surface area (Å²) in [6.45, 7) is 2.59. The highest BCUT2D eigenvalue weighted by Crippen LogP contribution is 2.57. The number of carboxylic acids is 1. The van der Waals surface area contributed by atoms with Gasteiger partial charge in [0.05, 0.1) is 42.6 Å². The quantitative estimate of drug-likeness (QED) is 0.0908. The van der Waals surface area contributed by atoms with Gasteiger partial charge < -0.3 is 25.6 Å². The minimum atomic E-state index is -1.47. The molecular formula is C42H29Cl6N7O6. The summed E-state index contributed by atoms with van der Waals surface area (Å²) < 4.78 is 7.92. The standard InChI is InChI=1S/C42H29Cl6N7O6/c1-18-7-6-8-25(52-18)34-35(55-14-5-2-9-27(55)54-34)26-10-13-51-42(53-26)50-12-4-3-11-49-40(58)21-17-22(43)29(41(59)60)30(31(21)46)28-19-15-23(44)36(56)32(47)38(19)61-39-20(28)16-24(45)37(57)33(39)48/h2,5-10,13-17,19,28,57H,3-4,11-12H2,1H3,(H,49,58)(H,59,60)(H,50,51,53). The zero-order chi connectivity index (χ0) is 43.3. The smallest absolute Gasteiger partial charge is 0.337 e. The third kappa shape index (κ3) is 7.86. The van der Waals surface area contributed by atoms with Gasteiger partial charge in [0, 0.05) is 48.6 Å². The predicted octanol–water partition coefficient (Wildman–Crippen LogP) is 10.1. The van der Waals surface area contributed by atoms with E-state index in [9.17, 15) is 24.6 Å². The summed E-state index contributed by atoms with van der Waals surface area (Å²) in [6, 6.07) is 15.8. The van der Waals surface area contributed by atoms with Crippen molar-refractivity contribution < 1.29 is 29.3 Å². The van der Waals surface area contributed by atoms with Gasteiger partial charge in [0.2, 0.25) is 11.7 Å². The molecule has 0 saturated heterocycles. The van der Waals surface area contributed by atoms with Gasteiger partial charge in [0.1, 0.15) is 32.8 Å². The van der Waals surface area contributed by atoms with Gasteiger partial charge in [0.15, 0.2) is 11.5 Å². The van der Waals surface area contributed by atoms with E-state index in [0.717, 1.165) is 28.8 Å². The predicted molar refractivity (Wildman–Crippen MR) is 234 cm³/mol. The molecule has 1 aliphatic heterocycles. The first-order valence-corrected chi connectivity index (χ1v) is 20.7. The molecule has 2 atom stereocenters. The lowest BCUT2D eigenvalue weighted by Gasteiger charge is -2.38. The van der Waals surface area contributed by atoms with Gasteiger partial charge in [-0.1, -0.05) is 87.8 Å². The van der Waals surface area contributed by atoms with Gasteiger partial charge in [-0.15, -0.1) is 0 Å². The number of carbonyl (C=O) groups is 3. The van der Waals surface area contributed by atoms with E-state index in [2.05, 4.69) is 15.6 Å². The number of amides is 1. The van der Waals surface area contributed by atoms with E-state index in [1.165, 1.54) is 12.1 Å². The number of imidazole rings is 1. The number of carboxylic acid groups (broad SMARTS) is 1. The lowest BCUT2D eigenvalue weighted by molar-refractivity contribution is -0.111. The Morgan fingerprint density at radius 2 is 1.69 bits per heavy atom. The Kier molecular flexibility index (Phi) is 11.9. The number of phenols is 1. The summed E-state index contributed by atoms with van der Waals surface area (Å²) in [7, 11) is 0. The van der Waals surface area contributed by atoms with Gasteiger partial charge in [-0.25, -0.2) is 19.7 Å². The Morgan fingerprint density at radius 1 is 0.902 bits per heavy atom. The molecule has 4 aromatic heterocycles. The fourth-order valence-corrected chi connectivity index (χ4v) is 9.05. The van der Waals surface area contributed by atoms with E-state index in [0.29, 0.717) is 36.7 Å². The Balaban J connectivity index is 1.01. The first kappa shape index (κ1) is 42.3. The van der Waals surface area contributed by atoms with E-state index in [1.54, 1.807) is 6.20 Å². The van der Waals surface area contributed by atoms with Crippen LogP contribution >= 0.6 is 69.6 Å². The van der Waals surface area contributed by atoms with Gasteiger partial charge in [-0.3, -0.25) is 19.0 Å². The average molecular weight is 940 g/mol. The van der Waals surface area contributed by atoms with Crippen molar-refractivity contribution in [3.8, 4) is 34.3 Å². The molecule has 8 rings (SSSR count). The van der Waals surface area contributed by atoms with Gasteiger partial charge in [-0.2, -0.15) is 0 Å². The van der Waals surface area contributed by atoms with Crippen molar-refractivity contribution in [2.75, 3.05) is 18.4 Å². The second kappa shape index (κ2) is 17.2. The second-order valence-corrected chi connectivity index (χ2v) is 16.3. The van der Waals surface area contributed by atoms with Crippen molar-refractivity contribution in [1.82, 2.24) is 29.7 Å². The summed E-state index contributed by atoms with van der Waals surface area (Å²) in [6.07, 6.45) is 6.01. The summed E-state index contributed by atoms with van der Waals surface area (Å²) >= 11 is 39.1. The number of aryl methyl sites for hydroxylation is 1. The molecule has 2 aromatic carbocycles. The van der Waals surface area contributed by atoms with E-state index in [1.807, 2.05) is 60.0 Å². The van der Waals surface area contributed by atoms with Crippen LogP contribution in [0.5, 0.6) is 11.5 Å². The van der Waals surface area contributed by atoms with Crippen molar-refractivity contribution in [2.45, 2.75) is 25.7 Å². The third-order valence-electron chi connectivity index (χ3n) is 10.1. The zero-order valence-electron chi connectivity index (χ0n) is 31.4. The number of fused-ring (bicyclic) bond motifs is 3. The third-order valence-corrected chi connectivity index (χ3v) is 12.1. The van der Waals surface area contributed by atoms with Crippen LogP contribution in [0.15, 0.2) is 88.9 Å². The van der Waals surface area contributed by atoms with Crippen molar-refractivity contribution in [2.24, 2.45) is 5.92 Å². The van der Waals surface area contributed by atoms with Crippen molar-refractivity contribution in [3.63, 3.8) is 0 Å². The number of benzene rings is 2. The number of allylic oxidation sites excluding steroid dienone is 3. The fraction of sp³-hybridized carbons (Fsp3) is 0.167. The Bertz CT molecular complexity index is 2900. The molecule has 13 nitrogen and oxygen atoms in total. The van der Waals surface area contributed by atoms with Crippen LogP contribution in [0.2, 0.25) is 20.1 Å². The number of ketones is 1. The number of anilines is 1. The number of unbranched alkanes of at least 4 members (excludes halogenated alkanes) is 1. The number of Topliss-reactive ketones (excluding diaryl/α,β-unsaturated/α-hetero) is 1. The van der Waals surface area contributed by atoms with Crippen LogP contribution in [0.3, 0.4) is 0 Å². The Morgan fingerprint density at radius 3 is 2.46 bits per heavy atom. The van der Waals surface area contributed by atoms with Crippen molar-refractivity contribution in [1.29, 1.82) is 0 Å². The maximum Gasteiger partial charge on any atom is 0.337 e. The Hall–Kier alpha value is -5.41. The summed E-state index contributed by atoms with van der Waals surface area (Å²) in [5, 5.41) is 25.3. The SMILES string of the molecule is Cc1cccc(-c2nc3ccccn3c2-c2ccnc(NCCCCNC(=O)c3cc(Cl)c(C(=O)O)c(C4c5cc(Cl)c(O)c(Cl)c5OC5=C(Cl)C(=O)C(Cl)=CC54)c3Cl)n2)n1. The van der Waals surface area contributed by atoms with Gasteiger partial charge in [0.25, 0.3) is 5.91 Å². The number of rotatable bonds is 11. The number of pyridine rings is 2. The molecule has 1 amide bonds. The highest BCUT2D eigenvalue weighted by Gasteiger charge is 2.45. The van der Waals surface area contributed by atoms with Crippen LogP contribution in [0.25, 0.3) is 28.4 Å². The molecule has 2 aliphatic rings. The molecule has 19 heteroatoms. The fourth-order valence-electron chi connectivity index (χ4n) is 7.35. The van der Waals surface area contributed by atoms with Gasteiger partial charge in [-0.05, 0) is 67.8 Å².